The maximum atomic E-state index is 5.32. The number of para-hydroxylation sites is 3. The van der Waals surface area contributed by atoms with Crippen molar-refractivity contribution in [3.8, 4) is 73.0 Å². The summed E-state index contributed by atoms with van der Waals surface area (Å²) in [4.78, 5) is 15.4. The van der Waals surface area contributed by atoms with E-state index >= 15 is 0 Å². The van der Waals surface area contributed by atoms with Crippen LogP contribution in [0.5, 0.6) is 0 Å². The SMILES string of the molecule is c1ccc(-c2cc(-c3ccc(-c4ccc5c(c4)n4c6ccccc6nc4n5-c4c(-c5ccccc5)cccc4-c4ccccc4)cc3)nc(-c3ccccc3)n2)cc1. The second kappa shape index (κ2) is 14.0. The van der Waals surface area contributed by atoms with Crippen molar-refractivity contribution in [2.45, 2.75) is 0 Å². The Morgan fingerprint density at radius 1 is 0.310 bits per heavy atom. The van der Waals surface area contributed by atoms with Gasteiger partial charge in [-0.3, -0.25) is 8.97 Å². The third-order valence-electron chi connectivity index (χ3n) is 11.0. The standard InChI is InChI=1S/C53H35N5/c1-5-16-37(17-6-1)43-24-15-25-44(38-18-7-2-8-19-38)51(43)58-49-33-32-42(34-50(49)57-48-27-14-13-26-45(48)56-53(57)58)36-28-30-40(31-29-36)47-35-46(39-20-9-3-10-21-39)54-52(55-47)41-22-11-4-12-23-41/h1-35H. The predicted molar refractivity (Wildman–Crippen MR) is 238 cm³/mol. The molecule has 272 valence electrons. The number of rotatable bonds is 7. The Balaban J connectivity index is 1.08. The Kier molecular flexibility index (Phi) is 8.07. The van der Waals surface area contributed by atoms with E-state index in [4.69, 9.17) is 15.0 Å². The van der Waals surface area contributed by atoms with Crippen LogP contribution in [0.25, 0.3) is 101 Å². The number of imidazole rings is 2. The van der Waals surface area contributed by atoms with Crippen molar-refractivity contribution in [1.29, 1.82) is 0 Å². The molecule has 11 aromatic rings. The molecule has 0 aliphatic heterocycles. The van der Waals surface area contributed by atoms with Crippen molar-refractivity contribution in [3.05, 3.63) is 212 Å². The van der Waals surface area contributed by atoms with Gasteiger partial charge in [0.15, 0.2) is 5.82 Å². The molecule has 5 nitrogen and oxygen atoms in total. The minimum Gasteiger partial charge on any atom is -0.277 e. The molecule has 0 aliphatic rings. The smallest absolute Gasteiger partial charge is 0.220 e. The normalized spacial score (nSPS) is 11.4. The van der Waals surface area contributed by atoms with E-state index in [0.29, 0.717) is 5.82 Å². The molecule has 0 saturated carbocycles. The van der Waals surface area contributed by atoms with Crippen LogP contribution in [-0.2, 0) is 0 Å². The van der Waals surface area contributed by atoms with Gasteiger partial charge in [0.2, 0.25) is 5.78 Å². The van der Waals surface area contributed by atoms with Gasteiger partial charge in [-0.15, -0.1) is 0 Å². The Labute approximate surface area is 335 Å². The summed E-state index contributed by atoms with van der Waals surface area (Å²) in [6.45, 7) is 0. The van der Waals surface area contributed by atoms with E-state index in [1.54, 1.807) is 0 Å². The van der Waals surface area contributed by atoms with Gasteiger partial charge in [-0.1, -0.05) is 182 Å². The summed E-state index contributed by atoms with van der Waals surface area (Å²) in [5.74, 6) is 1.58. The van der Waals surface area contributed by atoms with Gasteiger partial charge in [0, 0.05) is 27.8 Å². The number of hydrogen-bond donors (Lipinski definition) is 0. The van der Waals surface area contributed by atoms with E-state index < -0.39 is 0 Å². The lowest BCUT2D eigenvalue weighted by atomic mass is 9.95. The fourth-order valence-corrected chi connectivity index (χ4v) is 8.19. The van der Waals surface area contributed by atoms with E-state index in [-0.39, 0.29) is 0 Å². The van der Waals surface area contributed by atoms with Crippen LogP contribution < -0.4 is 0 Å². The van der Waals surface area contributed by atoms with Crippen LogP contribution in [0, 0.1) is 0 Å². The summed E-state index contributed by atoms with van der Waals surface area (Å²) < 4.78 is 4.67. The molecule has 0 N–H and O–H groups in total. The molecule has 0 fully saturated rings. The molecule has 0 atom stereocenters. The van der Waals surface area contributed by atoms with Crippen LogP contribution >= 0.6 is 0 Å². The molecule has 0 unspecified atom stereocenters. The zero-order valence-electron chi connectivity index (χ0n) is 31.4. The lowest BCUT2D eigenvalue weighted by Gasteiger charge is -2.18. The molecule has 0 radical (unpaired) electrons. The van der Waals surface area contributed by atoms with Crippen molar-refractivity contribution in [1.82, 2.24) is 23.9 Å². The predicted octanol–water partition coefficient (Wildman–Crippen LogP) is 13.2. The second-order valence-corrected chi connectivity index (χ2v) is 14.5. The Morgan fingerprint density at radius 3 is 1.43 bits per heavy atom. The van der Waals surface area contributed by atoms with Crippen LogP contribution in [0.15, 0.2) is 212 Å². The minimum atomic E-state index is 0.705. The number of nitrogens with zero attached hydrogens (tertiary/aromatic N) is 5. The van der Waals surface area contributed by atoms with Crippen LogP contribution in [-0.4, -0.2) is 23.9 Å². The molecule has 11 rings (SSSR count). The van der Waals surface area contributed by atoms with E-state index in [0.717, 1.165) is 95.0 Å². The summed E-state index contributed by atoms with van der Waals surface area (Å²) in [6, 6.07) is 74.4. The van der Waals surface area contributed by atoms with E-state index in [2.05, 4.69) is 185 Å². The number of hydrogen-bond acceptors (Lipinski definition) is 3. The van der Waals surface area contributed by atoms with Crippen molar-refractivity contribution < 1.29 is 0 Å². The van der Waals surface area contributed by atoms with Gasteiger partial charge in [-0.25, -0.2) is 15.0 Å². The molecule has 5 heteroatoms. The van der Waals surface area contributed by atoms with Crippen molar-refractivity contribution in [3.63, 3.8) is 0 Å². The fraction of sp³-hybridized carbons (Fsp3) is 0. The Hall–Kier alpha value is -7.89. The molecule has 3 heterocycles. The van der Waals surface area contributed by atoms with Crippen molar-refractivity contribution in [2.75, 3.05) is 0 Å². The Morgan fingerprint density at radius 2 is 0.810 bits per heavy atom. The maximum absolute atomic E-state index is 5.32. The summed E-state index contributed by atoms with van der Waals surface area (Å²) in [5.41, 5.74) is 17.0. The molecule has 3 aromatic heterocycles. The molecule has 58 heavy (non-hydrogen) atoms. The highest BCUT2D eigenvalue weighted by molar-refractivity contribution is 5.98. The first-order valence-electron chi connectivity index (χ1n) is 19.5. The van der Waals surface area contributed by atoms with Gasteiger partial charge in [0.1, 0.15) is 0 Å². The quantitative estimate of drug-likeness (QED) is 0.163. The largest absolute Gasteiger partial charge is 0.277 e. The van der Waals surface area contributed by atoms with Crippen molar-refractivity contribution >= 4 is 27.8 Å². The lowest BCUT2D eigenvalue weighted by molar-refractivity contribution is 1.11. The highest BCUT2D eigenvalue weighted by Crippen LogP contribution is 2.41. The molecule has 0 aliphatic carbocycles. The number of aromatic nitrogens is 5. The molecule has 8 aromatic carbocycles. The third kappa shape index (κ3) is 5.76. The topological polar surface area (TPSA) is 48.0 Å². The van der Waals surface area contributed by atoms with Gasteiger partial charge in [-0.05, 0) is 52.6 Å². The van der Waals surface area contributed by atoms with Crippen LogP contribution in [0.4, 0.5) is 0 Å². The zero-order chi connectivity index (χ0) is 38.4. The van der Waals surface area contributed by atoms with Gasteiger partial charge < -0.3 is 0 Å². The van der Waals surface area contributed by atoms with Gasteiger partial charge in [-0.2, -0.15) is 0 Å². The monoisotopic (exact) mass is 741 g/mol. The second-order valence-electron chi connectivity index (χ2n) is 14.5. The average Bonchev–Trinajstić information content (AvgIpc) is 3.84. The minimum absolute atomic E-state index is 0.705. The van der Waals surface area contributed by atoms with E-state index in [9.17, 15) is 0 Å². The summed E-state index contributed by atoms with van der Waals surface area (Å²) in [7, 11) is 0. The zero-order valence-corrected chi connectivity index (χ0v) is 31.4. The van der Waals surface area contributed by atoms with E-state index in [1.807, 2.05) is 36.4 Å². The van der Waals surface area contributed by atoms with Crippen molar-refractivity contribution in [2.24, 2.45) is 0 Å². The molecular formula is C53H35N5. The fourth-order valence-electron chi connectivity index (χ4n) is 8.19. The summed E-state index contributed by atoms with van der Waals surface area (Å²) in [5, 5.41) is 0. The van der Waals surface area contributed by atoms with Gasteiger partial charge in [0.05, 0.1) is 39.1 Å². The first-order valence-corrected chi connectivity index (χ1v) is 19.5. The summed E-state index contributed by atoms with van der Waals surface area (Å²) in [6.07, 6.45) is 0. The molecule has 0 saturated heterocycles. The lowest BCUT2D eigenvalue weighted by Crippen LogP contribution is -2.01. The summed E-state index contributed by atoms with van der Waals surface area (Å²) >= 11 is 0. The van der Waals surface area contributed by atoms with Crippen LogP contribution in [0.1, 0.15) is 0 Å². The van der Waals surface area contributed by atoms with Crippen LogP contribution in [0.2, 0.25) is 0 Å². The van der Waals surface area contributed by atoms with Gasteiger partial charge in [0.25, 0.3) is 0 Å². The Bertz CT molecular complexity index is 3130. The molecule has 0 amide bonds. The average molecular weight is 742 g/mol. The van der Waals surface area contributed by atoms with Gasteiger partial charge >= 0.3 is 0 Å². The first-order chi connectivity index (χ1) is 28.8. The number of fused-ring (bicyclic) bond motifs is 5. The highest BCUT2D eigenvalue weighted by Gasteiger charge is 2.23. The molecule has 0 spiro atoms. The third-order valence-corrected chi connectivity index (χ3v) is 11.0. The molecule has 0 bridgehead atoms. The first kappa shape index (κ1) is 33.4. The molecular weight excluding hydrogens is 707 g/mol. The van der Waals surface area contributed by atoms with E-state index in [1.165, 1.54) is 0 Å². The maximum Gasteiger partial charge on any atom is 0.220 e. The van der Waals surface area contributed by atoms with Crippen LogP contribution in [0.3, 0.4) is 0 Å². The number of benzene rings is 8. The highest BCUT2D eigenvalue weighted by atomic mass is 15.2.